The summed E-state index contributed by atoms with van der Waals surface area (Å²) in [6, 6.07) is 0. The highest BCUT2D eigenvalue weighted by molar-refractivity contribution is 5.85. The van der Waals surface area contributed by atoms with Gasteiger partial charge in [-0.05, 0) is 19.9 Å². The van der Waals surface area contributed by atoms with Crippen LogP contribution in [0.3, 0.4) is 0 Å². The minimum Gasteiger partial charge on any atom is -0.339 e. The third-order valence-corrected chi connectivity index (χ3v) is 2.01. The largest absolute Gasteiger partial charge is 0.339 e. The first-order chi connectivity index (χ1) is 5.90. The maximum absolute atomic E-state index is 5.10. The number of halogens is 1. The summed E-state index contributed by atoms with van der Waals surface area (Å²) in [6.07, 6.45) is 3.29. The van der Waals surface area contributed by atoms with Gasteiger partial charge in [-0.1, -0.05) is 5.16 Å². The molecule has 0 spiro atoms. The molecule has 1 heterocycles. The minimum absolute atomic E-state index is 0. The Balaban J connectivity index is 0.000000845. The Morgan fingerprint density at radius 1 is 1.54 bits per heavy atom. The molecule has 1 saturated carbocycles. The van der Waals surface area contributed by atoms with Gasteiger partial charge in [0.1, 0.15) is 0 Å². The zero-order valence-corrected chi connectivity index (χ0v) is 8.43. The molecule has 1 N–H and O–H groups in total. The Labute approximate surface area is 83.5 Å². The monoisotopic (exact) mass is 203 g/mol. The molecule has 1 fully saturated rings. The Morgan fingerprint density at radius 2 is 2.31 bits per heavy atom. The van der Waals surface area contributed by atoms with Gasteiger partial charge in [-0.3, -0.25) is 0 Å². The highest BCUT2D eigenvalue weighted by Gasteiger charge is 2.29. The van der Waals surface area contributed by atoms with Crippen molar-refractivity contribution in [2.24, 2.45) is 0 Å². The summed E-state index contributed by atoms with van der Waals surface area (Å²) in [5, 5.41) is 6.94. The van der Waals surface area contributed by atoms with Crippen LogP contribution in [0.1, 0.15) is 30.5 Å². The van der Waals surface area contributed by atoms with E-state index in [0.29, 0.717) is 5.92 Å². The third-order valence-electron chi connectivity index (χ3n) is 2.01. The summed E-state index contributed by atoms with van der Waals surface area (Å²) in [4.78, 5) is 4.29. The molecule has 4 nitrogen and oxygen atoms in total. The SMILES string of the molecule is CNCCc1noc(C2CC2)n1.Cl. The van der Waals surface area contributed by atoms with Gasteiger partial charge in [0.2, 0.25) is 5.89 Å². The first-order valence-corrected chi connectivity index (χ1v) is 4.37. The van der Waals surface area contributed by atoms with E-state index in [1.54, 1.807) is 0 Å². The van der Waals surface area contributed by atoms with Crippen molar-refractivity contribution in [1.82, 2.24) is 15.5 Å². The van der Waals surface area contributed by atoms with Crippen LogP contribution in [0.5, 0.6) is 0 Å². The second-order valence-electron chi connectivity index (χ2n) is 3.18. The van der Waals surface area contributed by atoms with Gasteiger partial charge in [-0.25, -0.2) is 0 Å². The molecule has 0 aromatic carbocycles. The van der Waals surface area contributed by atoms with E-state index in [9.17, 15) is 0 Å². The number of hydrogen-bond acceptors (Lipinski definition) is 4. The number of hydrogen-bond donors (Lipinski definition) is 1. The van der Waals surface area contributed by atoms with Crippen molar-refractivity contribution in [2.75, 3.05) is 13.6 Å². The third kappa shape index (κ3) is 2.67. The van der Waals surface area contributed by atoms with E-state index >= 15 is 0 Å². The van der Waals surface area contributed by atoms with Gasteiger partial charge in [-0.2, -0.15) is 4.98 Å². The summed E-state index contributed by atoms with van der Waals surface area (Å²) in [5.41, 5.74) is 0. The normalized spacial score (nSPS) is 15.5. The Morgan fingerprint density at radius 3 is 2.92 bits per heavy atom. The summed E-state index contributed by atoms with van der Waals surface area (Å²) in [7, 11) is 1.92. The van der Waals surface area contributed by atoms with E-state index in [2.05, 4.69) is 15.5 Å². The Hall–Kier alpha value is -0.610. The minimum atomic E-state index is 0. The van der Waals surface area contributed by atoms with Crippen molar-refractivity contribution in [1.29, 1.82) is 0 Å². The van der Waals surface area contributed by atoms with Crippen molar-refractivity contribution < 1.29 is 4.52 Å². The molecular formula is C8H14ClN3O. The van der Waals surface area contributed by atoms with Crippen LogP contribution in [0.25, 0.3) is 0 Å². The maximum Gasteiger partial charge on any atom is 0.229 e. The molecule has 1 aliphatic carbocycles. The highest BCUT2D eigenvalue weighted by Crippen LogP contribution is 2.38. The van der Waals surface area contributed by atoms with Gasteiger partial charge in [0.15, 0.2) is 5.82 Å². The lowest BCUT2D eigenvalue weighted by Gasteiger charge is -1.90. The van der Waals surface area contributed by atoms with Crippen LogP contribution < -0.4 is 5.32 Å². The summed E-state index contributed by atoms with van der Waals surface area (Å²) < 4.78 is 5.10. The number of nitrogens with one attached hydrogen (secondary N) is 1. The van der Waals surface area contributed by atoms with E-state index in [1.807, 2.05) is 7.05 Å². The molecule has 1 aliphatic rings. The summed E-state index contributed by atoms with van der Waals surface area (Å²) >= 11 is 0. The lowest BCUT2D eigenvalue weighted by Crippen LogP contribution is -2.11. The van der Waals surface area contributed by atoms with Crippen LogP contribution >= 0.6 is 12.4 Å². The quantitative estimate of drug-likeness (QED) is 0.797. The van der Waals surface area contributed by atoms with Gasteiger partial charge in [0, 0.05) is 18.9 Å². The van der Waals surface area contributed by atoms with Crippen molar-refractivity contribution in [2.45, 2.75) is 25.2 Å². The molecule has 74 valence electrons. The first-order valence-electron chi connectivity index (χ1n) is 4.37. The topological polar surface area (TPSA) is 51.0 Å². The molecule has 13 heavy (non-hydrogen) atoms. The molecule has 0 unspecified atom stereocenters. The first kappa shape index (κ1) is 10.5. The van der Waals surface area contributed by atoms with Crippen molar-refractivity contribution >= 4 is 12.4 Å². The number of rotatable bonds is 4. The van der Waals surface area contributed by atoms with Gasteiger partial charge < -0.3 is 9.84 Å². The maximum atomic E-state index is 5.10. The predicted octanol–water partition coefficient (Wildman–Crippen LogP) is 1.13. The van der Waals surface area contributed by atoms with Crippen LogP contribution in [0.2, 0.25) is 0 Å². The van der Waals surface area contributed by atoms with Crippen molar-refractivity contribution in [3.8, 4) is 0 Å². The van der Waals surface area contributed by atoms with Crippen LogP contribution in [0.4, 0.5) is 0 Å². The fraction of sp³-hybridized carbons (Fsp3) is 0.750. The van der Waals surface area contributed by atoms with Gasteiger partial charge in [0.25, 0.3) is 0 Å². The Bertz CT molecular complexity index is 260. The fourth-order valence-electron chi connectivity index (χ4n) is 1.10. The van der Waals surface area contributed by atoms with E-state index in [-0.39, 0.29) is 12.4 Å². The van der Waals surface area contributed by atoms with E-state index in [0.717, 1.165) is 24.7 Å². The molecule has 1 aromatic heterocycles. The highest BCUT2D eigenvalue weighted by atomic mass is 35.5. The average molecular weight is 204 g/mol. The molecule has 5 heteroatoms. The molecule has 2 rings (SSSR count). The lowest BCUT2D eigenvalue weighted by molar-refractivity contribution is 0.374. The summed E-state index contributed by atoms with van der Waals surface area (Å²) in [5.74, 6) is 2.23. The van der Waals surface area contributed by atoms with Crippen molar-refractivity contribution in [3.63, 3.8) is 0 Å². The lowest BCUT2D eigenvalue weighted by atomic mass is 10.4. The molecule has 0 radical (unpaired) electrons. The zero-order chi connectivity index (χ0) is 8.39. The molecule has 1 aromatic rings. The number of likely N-dealkylation sites (N-methyl/N-ethyl adjacent to an activating group) is 1. The van der Waals surface area contributed by atoms with E-state index in [4.69, 9.17) is 4.52 Å². The molecule has 0 aliphatic heterocycles. The smallest absolute Gasteiger partial charge is 0.229 e. The molecule has 0 saturated heterocycles. The van der Waals surface area contributed by atoms with Crippen LogP contribution in [0.15, 0.2) is 4.52 Å². The molecular weight excluding hydrogens is 190 g/mol. The van der Waals surface area contributed by atoms with Crippen LogP contribution in [-0.4, -0.2) is 23.7 Å². The Kier molecular flexibility index (Phi) is 3.69. The predicted molar refractivity (Wildman–Crippen MR) is 51.2 cm³/mol. The van der Waals surface area contributed by atoms with E-state index < -0.39 is 0 Å². The van der Waals surface area contributed by atoms with Crippen LogP contribution in [0, 0.1) is 0 Å². The van der Waals surface area contributed by atoms with Crippen LogP contribution in [-0.2, 0) is 6.42 Å². The zero-order valence-electron chi connectivity index (χ0n) is 7.62. The molecule has 0 bridgehead atoms. The second-order valence-corrected chi connectivity index (χ2v) is 3.18. The average Bonchev–Trinajstić information content (AvgIpc) is 2.83. The summed E-state index contributed by atoms with van der Waals surface area (Å²) in [6.45, 7) is 0.906. The standard InChI is InChI=1S/C8H13N3O.ClH/c1-9-5-4-7-10-8(12-11-7)6-2-3-6;/h6,9H,2-5H2,1H3;1H. The molecule has 0 atom stereocenters. The fourth-order valence-corrected chi connectivity index (χ4v) is 1.10. The van der Waals surface area contributed by atoms with Gasteiger partial charge >= 0.3 is 0 Å². The molecule has 0 amide bonds. The second kappa shape index (κ2) is 4.58. The van der Waals surface area contributed by atoms with Gasteiger partial charge in [0.05, 0.1) is 0 Å². The van der Waals surface area contributed by atoms with Crippen molar-refractivity contribution in [3.05, 3.63) is 11.7 Å². The number of nitrogens with zero attached hydrogens (tertiary/aromatic N) is 2. The van der Waals surface area contributed by atoms with E-state index in [1.165, 1.54) is 12.8 Å². The number of aromatic nitrogens is 2. The van der Waals surface area contributed by atoms with Gasteiger partial charge in [-0.15, -0.1) is 12.4 Å².